The Kier molecular flexibility index (Phi) is 2.48. The average molecular weight is 228 g/mol. The van der Waals surface area contributed by atoms with E-state index in [1.165, 1.54) is 5.69 Å². The first-order chi connectivity index (χ1) is 8.33. The number of pyridine rings is 1. The number of benzene rings is 1. The lowest BCUT2D eigenvalue weighted by molar-refractivity contribution is 0.590. The monoisotopic (exact) mass is 228 g/mol. The third-order valence-electron chi connectivity index (χ3n) is 3.54. The average Bonchev–Trinajstić information content (AvgIpc) is 2.40. The van der Waals surface area contributed by atoms with Crippen molar-refractivity contribution in [1.82, 2.24) is 9.88 Å². The van der Waals surface area contributed by atoms with Crippen LogP contribution >= 0.6 is 0 Å². The number of fused-ring (bicyclic) bond motifs is 2. The first kappa shape index (κ1) is 10.5. The minimum atomic E-state index is 0.201. The van der Waals surface area contributed by atoms with Crippen LogP contribution in [-0.2, 0) is 19.5 Å². The molecule has 0 fully saturated rings. The second-order valence-corrected chi connectivity index (χ2v) is 4.44. The van der Waals surface area contributed by atoms with Crippen LogP contribution in [0.5, 0.6) is 0 Å². The molecule has 3 nitrogen and oxygen atoms in total. The summed E-state index contributed by atoms with van der Waals surface area (Å²) in [6, 6.07) is 7.91. The molecule has 3 heteroatoms. The summed E-state index contributed by atoms with van der Waals surface area (Å²) < 4.78 is 2.28. The van der Waals surface area contributed by atoms with E-state index in [2.05, 4.69) is 16.8 Å². The summed E-state index contributed by atoms with van der Waals surface area (Å²) in [6.07, 6.45) is 0.948. The van der Waals surface area contributed by atoms with E-state index >= 15 is 0 Å². The highest BCUT2D eigenvalue weighted by molar-refractivity contribution is 5.80. The standard InChI is InChI=1S/C14H16N2O/c1-2-16-12-6-4-3-5-10(12)14(17)11-9-15-8-7-13(11)16/h3-6,15H,2,7-9H2,1H3. The van der Waals surface area contributed by atoms with Crippen molar-refractivity contribution in [2.45, 2.75) is 26.4 Å². The highest BCUT2D eigenvalue weighted by Crippen LogP contribution is 2.18. The molecule has 0 unspecified atom stereocenters. The second kappa shape index (κ2) is 4.00. The van der Waals surface area contributed by atoms with Crippen LogP contribution in [0, 0.1) is 0 Å². The number of para-hydroxylation sites is 1. The Morgan fingerprint density at radius 2 is 2.18 bits per heavy atom. The van der Waals surface area contributed by atoms with Gasteiger partial charge in [0, 0.05) is 42.7 Å². The van der Waals surface area contributed by atoms with Crippen LogP contribution in [0.1, 0.15) is 18.2 Å². The highest BCUT2D eigenvalue weighted by Gasteiger charge is 2.18. The molecule has 0 radical (unpaired) electrons. The first-order valence-corrected chi connectivity index (χ1v) is 6.17. The fourth-order valence-corrected chi connectivity index (χ4v) is 2.75. The molecule has 1 aromatic heterocycles. The van der Waals surface area contributed by atoms with Gasteiger partial charge in [0.2, 0.25) is 0 Å². The van der Waals surface area contributed by atoms with E-state index in [1.54, 1.807) is 0 Å². The highest BCUT2D eigenvalue weighted by atomic mass is 16.1. The molecule has 1 aliphatic rings. The van der Waals surface area contributed by atoms with Gasteiger partial charge in [0.1, 0.15) is 0 Å². The summed E-state index contributed by atoms with van der Waals surface area (Å²) >= 11 is 0. The molecule has 0 amide bonds. The van der Waals surface area contributed by atoms with Crippen molar-refractivity contribution in [2.24, 2.45) is 0 Å². The summed E-state index contributed by atoms with van der Waals surface area (Å²) in [4.78, 5) is 12.4. The maximum absolute atomic E-state index is 12.4. The molecule has 0 atom stereocenters. The maximum Gasteiger partial charge on any atom is 0.194 e. The Balaban J connectivity index is 2.47. The van der Waals surface area contributed by atoms with Gasteiger partial charge in [0.15, 0.2) is 5.43 Å². The zero-order valence-corrected chi connectivity index (χ0v) is 9.99. The second-order valence-electron chi connectivity index (χ2n) is 4.44. The molecule has 17 heavy (non-hydrogen) atoms. The van der Waals surface area contributed by atoms with Gasteiger partial charge >= 0.3 is 0 Å². The summed E-state index contributed by atoms with van der Waals surface area (Å²) in [7, 11) is 0. The predicted molar refractivity (Wildman–Crippen MR) is 69.3 cm³/mol. The number of aryl methyl sites for hydroxylation is 1. The lowest BCUT2D eigenvalue weighted by Crippen LogP contribution is -2.32. The van der Waals surface area contributed by atoms with Gasteiger partial charge in [-0.2, -0.15) is 0 Å². The van der Waals surface area contributed by atoms with Crippen molar-refractivity contribution in [3.8, 4) is 0 Å². The van der Waals surface area contributed by atoms with Crippen LogP contribution in [0.2, 0.25) is 0 Å². The van der Waals surface area contributed by atoms with Crippen LogP contribution in [0.25, 0.3) is 10.9 Å². The predicted octanol–water partition coefficient (Wildman–Crippen LogP) is 1.67. The Bertz CT molecular complexity index is 628. The maximum atomic E-state index is 12.4. The SMILES string of the molecule is CCn1c2c(c(=O)c3ccccc31)CNCC2. The van der Waals surface area contributed by atoms with Crippen LogP contribution < -0.4 is 10.7 Å². The van der Waals surface area contributed by atoms with Gasteiger partial charge in [0.25, 0.3) is 0 Å². The summed E-state index contributed by atoms with van der Waals surface area (Å²) in [5.74, 6) is 0. The minimum Gasteiger partial charge on any atom is -0.344 e. The molecular weight excluding hydrogens is 212 g/mol. The fourth-order valence-electron chi connectivity index (χ4n) is 2.75. The molecular formula is C14H16N2O. The van der Waals surface area contributed by atoms with Crippen LogP contribution in [0.3, 0.4) is 0 Å². The van der Waals surface area contributed by atoms with Crippen molar-refractivity contribution < 1.29 is 0 Å². The smallest absolute Gasteiger partial charge is 0.194 e. The quantitative estimate of drug-likeness (QED) is 0.805. The van der Waals surface area contributed by atoms with E-state index in [0.717, 1.165) is 36.0 Å². The molecule has 0 saturated carbocycles. The van der Waals surface area contributed by atoms with Gasteiger partial charge in [-0.1, -0.05) is 12.1 Å². The molecule has 1 aliphatic heterocycles. The number of nitrogens with one attached hydrogen (secondary N) is 1. The van der Waals surface area contributed by atoms with Crippen LogP contribution in [0.4, 0.5) is 0 Å². The number of hydrogen-bond donors (Lipinski definition) is 1. The third-order valence-corrected chi connectivity index (χ3v) is 3.54. The molecule has 3 rings (SSSR count). The Hall–Kier alpha value is -1.61. The normalized spacial score (nSPS) is 14.9. The van der Waals surface area contributed by atoms with Crippen molar-refractivity contribution in [3.05, 3.63) is 45.7 Å². The zero-order chi connectivity index (χ0) is 11.8. The summed E-state index contributed by atoms with van der Waals surface area (Å²) in [6.45, 7) is 4.73. The minimum absolute atomic E-state index is 0.201. The van der Waals surface area contributed by atoms with Gasteiger partial charge in [-0.15, -0.1) is 0 Å². The van der Waals surface area contributed by atoms with E-state index in [4.69, 9.17) is 0 Å². The summed E-state index contributed by atoms with van der Waals surface area (Å²) in [5, 5.41) is 4.13. The number of nitrogens with zero attached hydrogens (tertiary/aromatic N) is 1. The lowest BCUT2D eigenvalue weighted by atomic mass is 10.0. The number of rotatable bonds is 1. The molecule has 1 aromatic carbocycles. The number of hydrogen-bond acceptors (Lipinski definition) is 2. The van der Waals surface area contributed by atoms with Gasteiger partial charge < -0.3 is 9.88 Å². The van der Waals surface area contributed by atoms with Gasteiger partial charge in [-0.05, 0) is 19.1 Å². The van der Waals surface area contributed by atoms with Gasteiger partial charge in [0.05, 0.1) is 5.52 Å². The van der Waals surface area contributed by atoms with E-state index in [-0.39, 0.29) is 5.43 Å². The first-order valence-electron chi connectivity index (χ1n) is 6.17. The third kappa shape index (κ3) is 1.50. The van der Waals surface area contributed by atoms with Crippen molar-refractivity contribution in [1.29, 1.82) is 0 Å². The fraction of sp³-hybridized carbons (Fsp3) is 0.357. The van der Waals surface area contributed by atoms with E-state index in [0.29, 0.717) is 6.54 Å². The zero-order valence-electron chi connectivity index (χ0n) is 9.99. The van der Waals surface area contributed by atoms with E-state index in [9.17, 15) is 4.79 Å². The van der Waals surface area contributed by atoms with E-state index in [1.807, 2.05) is 24.3 Å². The molecule has 2 heterocycles. The summed E-state index contributed by atoms with van der Waals surface area (Å²) in [5.41, 5.74) is 3.44. The Morgan fingerprint density at radius 1 is 1.35 bits per heavy atom. The van der Waals surface area contributed by atoms with Crippen LogP contribution in [-0.4, -0.2) is 11.1 Å². The lowest BCUT2D eigenvalue weighted by Gasteiger charge is -2.23. The molecule has 2 aromatic rings. The topological polar surface area (TPSA) is 34.0 Å². The van der Waals surface area contributed by atoms with Crippen molar-refractivity contribution in [2.75, 3.05) is 6.54 Å². The molecule has 0 spiro atoms. The Labute approximate surface area is 100 Å². The van der Waals surface area contributed by atoms with Crippen molar-refractivity contribution in [3.63, 3.8) is 0 Å². The van der Waals surface area contributed by atoms with Gasteiger partial charge in [-0.3, -0.25) is 4.79 Å². The Morgan fingerprint density at radius 3 is 3.00 bits per heavy atom. The molecule has 0 saturated heterocycles. The van der Waals surface area contributed by atoms with Crippen LogP contribution in [0.15, 0.2) is 29.1 Å². The molecule has 1 N–H and O–H groups in total. The molecule has 0 bridgehead atoms. The van der Waals surface area contributed by atoms with Crippen molar-refractivity contribution >= 4 is 10.9 Å². The van der Waals surface area contributed by atoms with E-state index < -0.39 is 0 Å². The molecule has 0 aliphatic carbocycles. The largest absolute Gasteiger partial charge is 0.344 e. The van der Waals surface area contributed by atoms with Gasteiger partial charge in [-0.25, -0.2) is 0 Å². The molecule has 88 valence electrons. The number of aromatic nitrogens is 1.